The molecule has 0 aliphatic heterocycles. The predicted octanol–water partition coefficient (Wildman–Crippen LogP) is 6.20. The van der Waals surface area contributed by atoms with Gasteiger partial charge >= 0.3 is 5.97 Å². The van der Waals surface area contributed by atoms with Crippen LogP contribution in [-0.4, -0.2) is 28.4 Å². The Hall–Kier alpha value is -3.75. The molecule has 0 amide bonds. The van der Waals surface area contributed by atoms with Gasteiger partial charge in [0.05, 0.1) is 12.7 Å². The number of carboxylic acid groups (broad SMARTS) is 1. The Kier molecular flexibility index (Phi) is 7.51. The minimum Gasteiger partial charge on any atom is -0.496 e. The average molecular weight is 495 g/mol. The first-order chi connectivity index (χ1) is 16.5. The first-order valence-corrected chi connectivity index (χ1v) is 11.3. The highest BCUT2D eigenvalue weighted by molar-refractivity contribution is 8.03. The number of hydrogen-bond acceptors (Lipinski definition) is 7. The summed E-state index contributed by atoms with van der Waals surface area (Å²) in [5.74, 6) is 0.0878. The largest absolute Gasteiger partial charge is 0.496 e. The summed E-state index contributed by atoms with van der Waals surface area (Å²) in [7, 11) is 1.52. The van der Waals surface area contributed by atoms with Crippen LogP contribution >= 0.6 is 23.4 Å². The highest BCUT2D eigenvalue weighted by Crippen LogP contribution is 2.35. The van der Waals surface area contributed by atoms with Gasteiger partial charge in [-0.05, 0) is 47.7 Å². The molecule has 4 aromatic rings. The molecule has 0 saturated carbocycles. The van der Waals surface area contributed by atoms with E-state index in [-0.39, 0.29) is 16.0 Å². The number of benzene rings is 3. The maximum atomic E-state index is 12.0. The molecular formula is C25H19ClN2O5S. The van der Waals surface area contributed by atoms with E-state index < -0.39 is 5.97 Å². The summed E-state index contributed by atoms with van der Waals surface area (Å²) in [5, 5.41) is 18.3. The van der Waals surface area contributed by atoms with E-state index in [4.69, 9.17) is 25.5 Å². The van der Waals surface area contributed by atoms with E-state index in [9.17, 15) is 9.90 Å². The number of thioether (sulfide) groups is 1. The smallest absolute Gasteiger partial charge is 0.342 e. The SMILES string of the molecule is COc1ccc(Cl)cc1-c1nnc(S/C(=C\c2ccccc2OCc2ccccc2)C(=O)O)o1. The van der Waals surface area contributed by atoms with Crippen molar-refractivity contribution in [2.45, 2.75) is 11.8 Å². The molecule has 0 saturated heterocycles. The highest BCUT2D eigenvalue weighted by Gasteiger charge is 2.19. The number of nitrogens with zero attached hydrogens (tertiary/aromatic N) is 2. The fourth-order valence-electron chi connectivity index (χ4n) is 3.04. The third kappa shape index (κ3) is 5.78. The average Bonchev–Trinajstić information content (AvgIpc) is 3.32. The van der Waals surface area contributed by atoms with Crippen LogP contribution < -0.4 is 9.47 Å². The van der Waals surface area contributed by atoms with Crippen molar-refractivity contribution in [3.05, 3.63) is 93.9 Å². The zero-order chi connectivity index (χ0) is 23.9. The normalized spacial score (nSPS) is 11.3. The monoisotopic (exact) mass is 494 g/mol. The third-order valence-corrected chi connectivity index (χ3v) is 5.74. The van der Waals surface area contributed by atoms with Gasteiger partial charge in [0.2, 0.25) is 0 Å². The highest BCUT2D eigenvalue weighted by atomic mass is 35.5. The predicted molar refractivity (Wildman–Crippen MR) is 130 cm³/mol. The second-order valence-electron chi connectivity index (χ2n) is 6.95. The second kappa shape index (κ2) is 10.9. The molecule has 172 valence electrons. The zero-order valence-electron chi connectivity index (χ0n) is 18.0. The topological polar surface area (TPSA) is 94.7 Å². The zero-order valence-corrected chi connectivity index (χ0v) is 19.5. The van der Waals surface area contributed by atoms with Crippen LogP contribution in [0.3, 0.4) is 0 Å². The fourth-order valence-corrected chi connectivity index (χ4v) is 3.88. The molecular weight excluding hydrogens is 476 g/mol. The Labute approximate surface area is 205 Å². The van der Waals surface area contributed by atoms with Crippen LogP contribution in [0.5, 0.6) is 11.5 Å². The Morgan fingerprint density at radius 2 is 1.82 bits per heavy atom. The lowest BCUT2D eigenvalue weighted by Gasteiger charge is -2.10. The van der Waals surface area contributed by atoms with Gasteiger partial charge in [0.25, 0.3) is 11.1 Å². The Morgan fingerprint density at radius 1 is 1.06 bits per heavy atom. The van der Waals surface area contributed by atoms with E-state index in [0.717, 1.165) is 17.3 Å². The molecule has 34 heavy (non-hydrogen) atoms. The summed E-state index contributed by atoms with van der Waals surface area (Å²) in [4.78, 5) is 12.0. The van der Waals surface area contributed by atoms with E-state index in [1.54, 1.807) is 30.3 Å². The first kappa shape index (κ1) is 23.4. The lowest BCUT2D eigenvalue weighted by atomic mass is 10.2. The lowest BCUT2D eigenvalue weighted by molar-refractivity contribution is -0.131. The molecule has 4 rings (SSSR count). The van der Waals surface area contributed by atoms with E-state index >= 15 is 0 Å². The molecule has 3 aromatic carbocycles. The van der Waals surface area contributed by atoms with E-state index in [2.05, 4.69) is 10.2 Å². The summed E-state index contributed by atoms with van der Waals surface area (Å²) < 4.78 is 16.9. The van der Waals surface area contributed by atoms with Gasteiger partial charge in [-0.15, -0.1) is 10.2 Å². The maximum absolute atomic E-state index is 12.0. The molecule has 0 aliphatic rings. The van der Waals surface area contributed by atoms with E-state index in [1.807, 2.05) is 42.5 Å². The molecule has 0 aliphatic carbocycles. The van der Waals surface area contributed by atoms with Crippen molar-refractivity contribution >= 4 is 35.4 Å². The minimum atomic E-state index is -1.14. The number of ether oxygens (including phenoxy) is 2. The van der Waals surface area contributed by atoms with Gasteiger partial charge < -0.3 is 19.0 Å². The lowest BCUT2D eigenvalue weighted by Crippen LogP contribution is -1.99. The summed E-state index contributed by atoms with van der Waals surface area (Å²) in [6.07, 6.45) is 1.51. The Bertz CT molecular complexity index is 1320. The molecule has 0 bridgehead atoms. The van der Waals surface area contributed by atoms with E-state index in [1.165, 1.54) is 13.2 Å². The van der Waals surface area contributed by atoms with Crippen molar-refractivity contribution in [1.82, 2.24) is 10.2 Å². The van der Waals surface area contributed by atoms with Gasteiger partial charge in [-0.2, -0.15) is 0 Å². The standard InChI is InChI=1S/C25H19ClN2O5S/c1-31-21-12-11-18(26)14-19(21)23-27-28-25(33-23)34-22(24(29)30)13-17-9-5-6-10-20(17)32-15-16-7-3-2-4-8-16/h2-14H,15H2,1H3,(H,29,30)/b22-13-. The van der Waals surface area contributed by atoms with Gasteiger partial charge in [-0.3, -0.25) is 0 Å². The number of rotatable bonds is 9. The molecule has 1 heterocycles. The molecule has 0 spiro atoms. The van der Waals surface area contributed by atoms with Crippen molar-refractivity contribution in [2.75, 3.05) is 7.11 Å². The quantitative estimate of drug-likeness (QED) is 0.217. The van der Waals surface area contributed by atoms with Crippen LogP contribution in [0.15, 0.2) is 87.3 Å². The molecule has 0 radical (unpaired) electrons. The number of aliphatic carboxylic acids is 1. The molecule has 0 unspecified atom stereocenters. The summed E-state index contributed by atoms with van der Waals surface area (Å²) in [5.41, 5.74) is 2.12. The van der Waals surface area contributed by atoms with Crippen molar-refractivity contribution < 1.29 is 23.8 Å². The third-order valence-electron chi connectivity index (χ3n) is 4.65. The molecule has 1 N–H and O–H groups in total. The van der Waals surface area contributed by atoms with Crippen LogP contribution in [0.2, 0.25) is 5.02 Å². The number of para-hydroxylation sites is 1. The van der Waals surface area contributed by atoms with Gasteiger partial charge in [0.15, 0.2) is 0 Å². The molecule has 9 heteroatoms. The number of carboxylic acids is 1. The summed E-state index contributed by atoms with van der Waals surface area (Å²) in [6.45, 7) is 0.357. The Morgan fingerprint density at radius 3 is 2.59 bits per heavy atom. The van der Waals surface area contributed by atoms with Crippen LogP contribution in [-0.2, 0) is 11.4 Å². The number of hydrogen-bond donors (Lipinski definition) is 1. The second-order valence-corrected chi connectivity index (χ2v) is 8.38. The first-order valence-electron chi connectivity index (χ1n) is 10.1. The van der Waals surface area contributed by atoms with Crippen LogP contribution in [0.25, 0.3) is 17.5 Å². The van der Waals surface area contributed by atoms with Crippen molar-refractivity contribution in [2.24, 2.45) is 0 Å². The van der Waals surface area contributed by atoms with Crippen LogP contribution in [0.4, 0.5) is 0 Å². The molecule has 0 fully saturated rings. The maximum Gasteiger partial charge on any atom is 0.342 e. The Balaban J connectivity index is 1.57. The summed E-state index contributed by atoms with van der Waals surface area (Å²) in [6, 6.07) is 21.9. The van der Waals surface area contributed by atoms with Crippen molar-refractivity contribution in [1.29, 1.82) is 0 Å². The molecule has 1 aromatic heterocycles. The molecule has 7 nitrogen and oxygen atoms in total. The van der Waals surface area contributed by atoms with Gasteiger partial charge in [0.1, 0.15) is 23.0 Å². The number of halogens is 1. The van der Waals surface area contributed by atoms with Crippen molar-refractivity contribution in [3.8, 4) is 23.0 Å². The van der Waals surface area contributed by atoms with Gasteiger partial charge in [0, 0.05) is 10.6 Å². The number of methoxy groups -OCH3 is 1. The van der Waals surface area contributed by atoms with Crippen LogP contribution in [0.1, 0.15) is 11.1 Å². The molecule has 0 atom stereocenters. The number of carbonyl (C=O) groups is 1. The minimum absolute atomic E-state index is 0.0102. The fraction of sp³-hybridized carbons (Fsp3) is 0.0800. The van der Waals surface area contributed by atoms with Crippen molar-refractivity contribution in [3.63, 3.8) is 0 Å². The number of aromatic nitrogens is 2. The van der Waals surface area contributed by atoms with Crippen LogP contribution in [0, 0.1) is 0 Å². The summed E-state index contributed by atoms with van der Waals surface area (Å²) >= 11 is 6.92. The van der Waals surface area contributed by atoms with Gasteiger partial charge in [-0.1, -0.05) is 60.1 Å². The van der Waals surface area contributed by atoms with Gasteiger partial charge in [-0.25, -0.2) is 4.79 Å². The van der Waals surface area contributed by atoms with E-state index in [0.29, 0.717) is 34.3 Å².